The van der Waals surface area contributed by atoms with Crippen LogP contribution in [0.5, 0.6) is 11.5 Å². The largest absolute Gasteiger partial charge is 0.504 e. The number of hydrogen-bond donors (Lipinski definition) is 3. The van der Waals surface area contributed by atoms with E-state index < -0.39 is 23.1 Å². The number of halogens is 1. The predicted octanol–water partition coefficient (Wildman–Crippen LogP) is 2.62. The van der Waals surface area contributed by atoms with E-state index in [1.165, 1.54) is 42.5 Å². The van der Waals surface area contributed by atoms with E-state index in [4.69, 9.17) is 4.74 Å². The Morgan fingerprint density at radius 2 is 1.79 bits per heavy atom. The topological polar surface area (TPSA) is 87.0 Å². The van der Waals surface area contributed by atoms with E-state index in [-0.39, 0.29) is 30.8 Å². The maximum Gasteiger partial charge on any atom is 0.309 e. The van der Waals surface area contributed by atoms with Gasteiger partial charge in [-0.25, -0.2) is 4.39 Å². The lowest BCUT2D eigenvalue weighted by Crippen LogP contribution is -2.32. The minimum atomic E-state index is -1.67. The highest BCUT2D eigenvalue weighted by Gasteiger charge is 2.34. The summed E-state index contributed by atoms with van der Waals surface area (Å²) in [6.07, 6.45) is -0.335. The zero-order valence-electron chi connectivity index (χ0n) is 13.2. The SMILES string of the molecule is CCOC(=O)CC(O)(Cc1ccc(F)cc1)c1ccc(O)c(O)c1. The van der Waals surface area contributed by atoms with Gasteiger partial charge < -0.3 is 20.1 Å². The fourth-order valence-electron chi connectivity index (χ4n) is 2.47. The van der Waals surface area contributed by atoms with Crippen LogP contribution in [0.4, 0.5) is 4.39 Å². The van der Waals surface area contributed by atoms with Crippen molar-refractivity contribution in [2.24, 2.45) is 0 Å². The third kappa shape index (κ3) is 4.23. The number of phenols is 2. The highest BCUT2D eigenvalue weighted by atomic mass is 19.1. The van der Waals surface area contributed by atoms with Gasteiger partial charge in [-0.2, -0.15) is 0 Å². The molecule has 0 saturated carbocycles. The van der Waals surface area contributed by atoms with Gasteiger partial charge in [0.1, 0.15) is 11.4 Å². The average Bonchev–Trinajstić information content (AvgIpc) is 2.52. The molecular weight excluding hydrogens is 315 g/mol. The van der Waals surface area contributed by atoms with Crippen molar-refractivity contribution in [1.29, 1.82) is 0 Å². The monoisotopic (exact) mass is 334 g/mol. The van der Waals surface area contributed by atoms with Crippen LogP contribution in [-0.4, -0.2) is 27.9 Å². The molecule has 0 aliphatic heterocycles. The smallest absolute Gasteiger partial charge is 0.309 e. The standard InChI is InChI=1S/C18H19FO5/c1-2-24-17(22)11-18(23,10-12-3-6-14(19)7-4-12)13-5-8-15(20)16(21)9-13/h3-9,20-21,23H,2,10-11H2,1H3. The van der Waals surface area contributed by atoms with Crippen LogP contribution in [0, 0.1) is 5.82 Å². The summed E-state index contributed by atoms with van der Waals surface area (Å²) in [6.45, 7) is 1.83. The molecule has 0 heterocycles. The molecule has 0 amide bonds. The van der Waals surface area contributed by atoms with Crippen molar-refractivity contribution in [1.82, 2.24) is 0 Å². The molecule has 24 heavy (non-hydrogen) atoms. The van der Waals surface area contributed by atoms with Crippen LogP contribution < -0.4 is 0 Å². The molecule has 3 N–H and O–H groups in total. The number of esters is 1. The predicted molar refractivity (Wildman–Crippen MR) is 85.0 cm³/mol. The number of aliphatic hydroxyl groups is 1. The van der Waals surface area contributed by atoms with E-state index in [2.05, 4.69) is 0 Å². The number of hydrogen-bond acceptors (Lipinski definition) is 5. The third-order valence-corrected chi connectivity index (χ3v) is 3.66. The Kier molecular flexibility index (Phi) is 5.41. The quantitative estimate of drug-likeness (QED) is 0.558. The first kappa shape index (κ1) is 17.7. The molecule has 0 fully saturated rings. The molecule has 0 aliphatic carbocycles. The molecule has 0 saturated heterocycles. The average molecular weight is 334 g/mol. The third-order valence-electron chi connectivity index (χ3n) is 3.66. The first-order valence-electron chi connectivity index (χ1n) is 7.49. The zero-order valence-corrected chi connectivity index (χ0v) is 13.2. The molecule has 5 nitrogen and oxygen atoms in total. The van der Waals surface area contributed by atoms with Gasteiger partial charge in [-0.3, -0.25) is 4.79 Å². The van der Waals surface area contributed by atoms with Crippen molar-refractivity contribution >= 4 is 5.97 Å². The molecule has 0 aromatic heterocycles. The molecule has 6 heteroatoms. The highest BCUT2D eigenvalue weighted by molar-refractivity contribution is 5.71. The fraction of sp³-hybridized carbons (Fsp3) is 0.278. The number of benzene rings is 2. The summed E-state index contributed by atoms with van der Waals surface area (Å²) in [6, 6.07) is 9.36. The Balaban J connectivity index is 2.37. The second-order valence-corrected chi connectivity index (χ2v) is 5.52. The summed E-state index contributed by atoms with van der Waals surface area (Å²) in [5.74, 6) is -1.75. The summed E-state index contributed by atoms with van der Waals surface area (Å²) >= 11 is 0. The van der Waals surface area contributed by atoms with Crippen LogP contribution in [0.3, 0.4) is 0 Å². The lowest BCUT2D eigenvalue weighted by atomic mass is 9.84. The molecule has 128 valence electrons. The van der Waals surface area contributed by atoms with Gasteiger partial charge in [-0.1, -0.05) is 18.2 Å². The molecule has 1 unspecified atom stereocenters. The van der Waals surface area contributed by atoms with Crippen molar-refractivity contribution in [2.45, 2.75) is 25.4 Å². The van der Waals surface area contributed by atoms with Crippen LogP contribution in [-0.2, 0) is 21.6 Å². The molecular formula is C18H19FO5. The molecule has 2 aromatic carbocycles. The minimum absolute atomic E-state index is 0.0102. The number of rotatable bonds is 6. The van der Waals surface area contributed by atoms with Gasteiger partial charge in [-0.15, -0.1) is 0 Å². The van der Waals surface area contributed by atoms with Crippen LogP contribution in [0.2, 0.25) is 0 Å². The van der Waals surface area contributed by atoms with Crippen molar-refractivity contribution in [3.05, 3.63) is 59.4 Å². The Bertz CT molecular complexity index is 714. The second-order valence-electron chi connectivity index (χ2n) is 5.52. The molecule has 0 aliphatic rings. The summed E-state index contributed by atoms with van der Waals surface area (Å²) < 4.78 is 18.0. The Hall–Kier alpha value is -2.60. The van der Waals surface area contributed by atoms with Gasteiger partial charge in [0.05, 0.1) is 13.0 Å². The van der Waals surface area contributed by atoms with Crippen LogP contribution >= 0.6 is 0 Å². The number of carbonyl (C=O) groups is 1. The first-order chi connectivity index (χ1) is 11.3. The summed E-state index contributed by atoms with van der Waals surface area (Å²) in [7, 11) is 0. The van der Waals surface area contributed by atoms with Crippen LogP contribution in [0.15, 0.2) is 42.5 Å². The van der Waals surface area contributed by atoms with Gasteiger partial charge >= 0.3 is 5.97 Å². The molecule has 0 radical (unpaired) electrons. The normalized spacial score (nSPS) is 13.3. The van der Waals surface area contributed by atoms with E-state index >= 15 is 0 Å². The maximum absolute atomic E-state index is 13.1. The van der Waals surface area contributed by atoms with Gasteiger partial charge in [0, 0.05) is 6.42 Å². The molecule has 1 atom stereocenters. The minimum Gasteiger partial charge on any atom is -0.504 e. The van der Waals surface area contributed by atoms with Crippen molar-refractivity contribution in [3.8, 4) is 11.5 Å². The van der Waals surface area contributed by atoms with Gasteiger partial charge in [0.2, 0.25) is 0 Å². The highest BCUT2D eigenvalue weighted by Crippen LogP contribution is 2.35. The number of ether oxygens (including phenoxy) is 1. The fourth-order valence-corrected chi connectivity index (χ4v) is 2.47. The molecule has 0 bridgehead atoms. The second kappa shape index (κ2) is 7.31. The molecule has 0 spiro atoms. The molecule has 2 aromatic rings. The van der Waals surface area contributed by atoms with Crippen molar-refractivity contribution in [3.63, 3.8) is 0 Å². The first-order valence-corrected chi connectivity index (χ1v) is 7.49. The van der Waals surface area contributed by atoms with E-state index in [0.717, 1.165) is 0 Å². The summed E-state index contributed by atoms with van der Waals surface area (Å²) in [4.78, 5) is 11.9. The van der Waals surface area contributed by atoms with Crippen molar-refractivity contribution in [2.75, 3.05) is 6.61 Å². The summed E-state index contributed by atoms with van der Waals surface area (Å²) in [5, 5.41) is 30.1. The van der Waals surface area contributed by atoms with Gasteiger partial charge in [0.25, 0.3) is 0 Å². The van der Waals surface area contributed by atoms with E-state index in [1.807, 2.05) is 0 Å². The Labute approximate surface area is 139 Å². The van der Waals surface area contributed by atoms with Gasteiger partial charge in [0.15, 0.2) is 11.5 Å². The van der Waals surface area contributed by atoms with Gasteiger partial charge in [-0.05, 0) is 42.3 Å². The zero-order chi connectivity index (χ0) is 17.7. The Morgan fingerprint density at radius 1 is 1.12 bits per heavy atom. The van der Waals surface area contributed by atoms with Crippen molar-refractivity contribution < 1.29 is 29.2 Å². The van der Waals surface area contributed by atoms with Crippen LogP contribution in [0.1, 0.15) is 24.5 Å². The maximum atomic E-state index is 13.1. The lowest BCUT2D eigenvalue weighted by Gasteiger charge is -2.28. The van der Waals surface area contributed by atoms with E-state index in [0.29, 0.717) is 5.56 Å². The Morgan fingerprint density at radius 3 is 2.38 bits per heavy atom. The van der Waals surface area contributed by atoms with Crippen LogP contribution in [0.25, 0.3) is 0 Å². The summed E-state index contributed by atoms with van der Waals surface area (Å²) in [5.41, 5.74) is -0.819. The lowest BCUT2D eigenvalue weighted by molar-refractivity contribution is -0.149. The number of aromatic hydroxyl groups is 2. The molecule has 2 rings (SSSR count). The number of carbonyl (C=O) groups excluding carboxylic acids is 1. The van der Waals surface area contributed by atoms with E-state index in [9.17, 15) is 24.5 Å². The number of phenolic OH excluding ortho intramolecular Hbond substituents is 2. The van der Waals surface area contributed by atoms with E-state index in [1.54, 1.807) is 6.92 Å².